The van der Waals surface area contributed by atoms with Crippen LogP contribution in [-0.4, -0.2) is 64.9 Å². The fourth-order valence-corrected chi connectivity index (χ4v) is 17.3. The molecular formula is C80H95O15S5V. The fourth-order valence-electron chi connectivity index (χ4n) is 12.6. The maximum absolute atomic E-state index is 11.6. The Morgan fingerprint density at radius 1 is 0.208 bits per heavy atom. The van der Waals surface area contributed by atoms with E-state index in [1.807, 2.05) is 91.0 Å². The van der Waals surface area contributed by atoms with Gasteiger partial charge in [-0.1, -0.05) is 313 Å². The minimum absolute atomic E-state index is 0. The number of benzene rings is 10. The van der Waals surface area contributed by atoms with Gasteiger partial charge in [-0.05, 0) is 146 Å². The summed E-state index contributed by atoms with van der Waals surface area (Å²) in [5.74, 6) is 0. The molecule has 0 aliphatic rings. The zero-order chi connectivity index (χ0) is 72.9. The first-order valence-electron chi connectivity index (χ1n) is 35.0. The molecule has 0 unspecified atom stereocenters. The molecule has 0 aliphatic carbocycles. The van der Waals surface area contributed by atoms with Crippen LogP contribution in [0.2, 0.25) is 0 Å². The largest absolute Gasteiger partial charge is 5.00 e. The van der Waals surface area contributed by atoms with Crippen molar-refractivity contribution in [3.05, 3.63) is 210 Å². The van der Waals surface area contributed by atoms with Crippen LogP contribution in [0.5, 0.6) is 0 Å². The molecule has 0 fully saturated rings. The quantitative estimate of drug-likeness (QED) is 0.0299. The van der Waals surface area contributed by atoms with E-state index in [1.54, 1.807) is 91.0 Å². The Balaban J connectivity index is 0.000000227. The van der Waals surface area contributed by atoms with Crippen LogP contribution in [0.4, 0.5) is 0 Å². The van der Waals surface area contributed by atoms with Crippen molar-refractivity contribution in [2.45, 2.75) is 220 Å². The van der Waals surface area contributed by atoms with Crippen LogP contribution in [0.25, 0.3) is 53.9 Å². The van der Waals surface area contributed by atoms with Gasteiger partial charge in [0.05, 0.1) is 24.5 Å². The summed E-state index contributed by atoms with van der Waals surface area (Å²) in [6.07, 6.45) is 24.4. The van der Waals surface area contributed by atoms with Crippen molar-refractivity contribution in [2.24, 2.45) is 0 Å². The standard InChI is InChI=1S/5C16H20O3S.V/c5*1-2-3-4-5-9-14-12-11-13-8-6-7-10-15(13)16(14)20(17,18)19;/h5*6-8,10-12H,2-5,9H2,1H3,(H,17,18,19);/q;;;;;+5/p-5. The van der Waals surface area contributed by atoms with Crippen molar-refractivity contribution in [3.63, 3.8) is 0 Å². The van der Waals surface area contributed by atoms with Gasteiger partial charge in [0.15, 0.2) is 0 Å². The van der Waals surface area contributed by atoms with Gasteiger partial charge in [-0.2, -0.15) is 0 Å². The van der Waals surface area contributed by atoms with Gasteiger partial charge < -0.3 is 22.8 Å². The van der Waals surface area contributed by atoms with E-state index in [4.69, 9.17) is 0 Å². The first-order valence-corrected chi connectivity index (χ1v) is 42.1. The Labute approximate surface area is 612 Å². The summed E-state index contributed by atoms with van der Waals surface area (Å²) >= 11 is 0. The minimum Gasteiger partial charge on any atom is -0.744 e. The van der Waals surface area contributed by atoms with Crippen molar-refractivity contribution in [1.82, 2.24) is 0 Å². The number of unbranched alkanes of at least 4 members (excludes halogenated alkanes) is 15. The van der Waals surface area contributed by atoms with Crippen molar-refractivity contribution >= 4 is 104 Å². The second kappa shape index (κ2) is 41.8. The summed E-state index contributed by atoms with van der Waals surface area (Å²) in [6, 6.07) is 54.0. The van der Waals surface area contributed by atoms with E-state index in [1.165, 1.54) is 0 Å². The molecule has 0 spiro atoms. The third-order valence-corrected chi connectivity index (χ3v) is 22.5. The van der Waals surface area contributed by atoms with Crippen LogP contribution < -0.4 is 0 Å². The van der Waals surface area contributed by atoms with Crippen LogP contribution in [0.1, 0.15) is 191 Å². The van der Waals surface area contributed by atoms with E-state index >= 15 is 0 Å². The number of hydrogen-bond acceptors (Lipinski definition) is 15. The predicted molar refractivity (Wildman–Crippen MR) is 399 cm³/mol. The topological polar surface area (TPSA) is 286 Å². The molecule has 10 rings (SSSR count). The summed E-state index contributed by atoms with van der Waals surface area (Å²) in [5, 5.41) is 6.64. The maximum atomic E-state index is 11.6. The molecule has 0 aliphatic heterocycles. The molecule has 10 aromatic carbocycles. The van der Waals surface area contributed by atoms with E-state index < -0.39 is 50.6 Å². The van der Waals surface area contributed by atoms with Crippen LogP contribution in [0, 0.1) is 0 Å². The monoisotopic (exact) mass is 1510 g/mol. The van der Waals surface area contributed by atoms with Gasteiger partial charge in [0.2, 0.25) is 0 Å². The molecule has 0 saturated heterocycles. The molecule has 0 amide bonds. The van der Waals surface area contributed by atoms with E-state index in [0.717, 1.165) is 155 Å². The first-order chi connectivity index (χ1) is 47.7. The van der Waals surface area contributed by atoms with Crippen molar-refractivity contribution < 1.29 is 83.4 Å². The summed E-state index contributed by atoms with van der Waals surface area (Å²) < 4.78 is 174. The summed E-state index contributed by atoms with van der Waals surface area (Å²) in [6.45, 7) is 10.6. The van der Waals surface area contributed by atoms with Gasteiger partial charge in [-0.25, -0.2) is 42.1 Å². The normalized spacial score (nSPS) is 11.8. The van der Waals surface area contributed by atoms with Gasteiger partial charge in [0, 0.05) is 0 Å². The third-order valence-electron chi connectivity index (χ3n) is 17.6. The minimum atomic E-state index is -4.45. The molecule has 0 radical (unpaired) electrons. The molecule has 540 valence electrons. The second-order valence-electron chi connectivity index (χ2n) is 25.2. The van der Waals surface area contributed by atoms with Gasteiger partial charge in [0.25, 0.3) is 0 Å². The van der Waals surface area contributed by atoms with E-state index in [0.29, 0.717) is 86.9 Å². The van der Waals surface area contributed by atoms with E-state index in [2.05, 4.69) is 34.6 Å². The molecular weight excluding hydrogens is 1410 g/mol. The molecule has 0 atom stereocenters. The SMILES string of the molecule is CCCCCCc1ccc2ccccc2c1S(=O)(=O)[O-].CCCCCCc1ccc2ccccc2c1S(=O)(=O)[O-].CCCCCCc1ccc2ccccc2c1S(=O)(=O)[O-].CCCCCCc1ccc2ccccc2c1S(=O)(=O)[O-].CCCCCCc1ccc2ccccc2c1S(=O)(=O)[O-].[V+5]. The van der Waals surface area contributed by atoms with E-state index in [-0.39, 0.29) is 43.0 Å². The first kappa shape index (κ1) is 85.3. The molecule has 0 aromatic heterocycles. The second-order valence-corrected chi connectivity index (χ2v) is 31.8. The van der Waals surface area contributed by atoms with Gasteiger partial charge in [-0.3, -0.25) is 0 Å². The number of rotatable bonds is 30. The average molecular weight is 1510 g/mol. The Morgan fingerprint density at radius 2 is 0.356 bits per heavy atom. The van der Waals surface area contributed by atoms with Crippen LogP contribution in [0.15, 0.2) is 206 Å². The van der Waals surface area contributed by atoms with Gasteiger partial charge in [-0.15, -0.1) is 0 Å². The van der Waals surface area contributed by atoms with Gasteiger partial charge >= 0.3 is 18.6 Å². The fraction of sp³-hybridized carbons (Fsp3) is 0.375. The molecule has 10 aromatic rings. The number of aryl methyl sites for hydroxylation is 5. The molecule has 15 nitrogen and oxygen atoms in total. The molecule has 0 bridgehead atoms. The van der Waals surface area contributed by atoms with E-state index in [9.17, 15) is 64.9 Å². The average Bonchev–Trinajstić information content (AvgIpc) is 0.817. The summed E-state index contributed by atoms with van der Waals surface area (Å²) in [4.78, 5) is -0.175. The Kier molecular flexibility index (Phi) is 35.3. The van der Waals surface area contributed by atoms with Crippen LogP contribution in [0.3, 0.4) is 0 Å². The zero-order valence-electron chi connectivity index (χ0n) is 58.6. The summed E-state index contributed by atoms with van der Waals surface area (Å²) in [7, 11) is -22.3. The predicted octanol–water partition coefficient (Wildman–Crippen LogP) is 19.3. The Hall–Kier alpha value is -6.37. The molecule has 0 saturated carbocycles. The zero-order valence-corrected chi connectivity index (χ0v) is 64.1. The molecule has 0 heterocycles. The number of fused-ring (bicyclic) bond motifs is 5. The van der Waals surface area contributed by atoms with Gasteiger partial charge in [0.1, 0.15) is 50.6 Å². The Morgan fingerprint density at radius 3 is 0.495 bits per heavy atom. The van der Waals surface area contributed by atoms with Crippen LogP contribution >= 0.6 is 0 Å². The Bertz CT molecular complexity index is 4170. The summed E-state index contributed by atoms with van der Waals surface area (Å²) in [5.41, 5.74) is 3.24. The smallest absolute Gasteiger partial charge is 0.744 e. The van der Waals surface area contributed by atoms with Crippen LogP contribution in [-0.2, 0) is 101 Å². The van der Waals surface area contributed by atoms with Crippen molar-refractivity contribution in [3.8, 4) is 0 Å². The third kappa shape index (κ3) is 26.1. The number of hydrogen-bond donors (Lipinski definition) is 0. The maximum Gasteiger partial charge on any atom is 5.00 e. The molecule has 101 heavy (non-hydrogen) atoms. The molecule has 21 heteroatoms. The van der Waals surface area contributed by atoms with Crippen molar-refractivity contribution in [2.75, 3.05) is 0 Å². The van der Waals surface area contributed by atoms with Crippen molar-refractivity contribution in [1.29, 1.82) is 0 Å². The molecule has 0 N–H and O–H groups in total.